The molecule has 0 atom stereocenters. The highest BCUT2D eigenvalue weighted by atomic mass is 16.6. The Balaban J connectivity index is 2.98. The molecule has 1 rings (SSSR count). The molecule has 1 aromatic carbocycles. The number of nitrogens with zero attached hydrogens (tertiary/aromatic N) is 2. The first-order chi connectivity index (χ1) is 9.51. The highest BCUT2D eigenvalue weighted by Gasteiger charge is 2.18. The van der Waals surface area contributed by atoms with Crippen molar-refractivity contribution in [1.82, 2.24) is 4.90 Å². The Morgan fingerprint density at radius 3 is 2.65 bits per heavy atom. The number of nitro benzene ring substituents is 1. The Hall–Kier alpha value is -2.11. The van der Waals surface area contributed by atoms with Crippen LogP contribution in [0.3, 0.4) is 0 Å². The van der Waals surface area contributed by atoms with E-state index in [4.69, 9.17) is 0 Å². The van der Waals surface area contributed by atoms with E-state index in [1.165, 1.54) is 12.1 Å². The predicted octanol–water partition coefficient (Wildman–Crippen LogP) is 2.90. The molecule has 0 heterocycles. The molecule has 0 aromatic heterocycles. The standard InChI is InChI=1S/C14H21N3O3/c1-4-6-9-16(3)14(18)11-7-8-13(17(19)20)12(10-11)15-5-2/h7-8,10,15H,4-6,9H2,1-3H3. The van der Waals surface area contributed by atoms with Gasteiger partial charge in [-0.2, -0.15) is 0 Å². The Morgan fingerprint density at radius 1 is 1.40 bits per heavy atom. The Labute approximate surface area is 118 Å². The molecule has 1 aromatic rings. The van der Waals surface area contributed by atoms with Crippen LogP contribution in [0.4, 0.5) is 11.4 Å². The van der Waals surface area contributed by atoms with Crippen molar-refractivity contribution in [3.63, 3.8) is 0 Å². The molecule has 0 aliphatic heterocycles. The van der Waals surface area contributed by atoms with Crippen LogP contribution in [-0.4, -0.2) is 35.9 Å². The van der Waals surface area contributed by atoms with E-state index in [1.54, 1.807) is 18.0 Å². The summed E-state index contributed by atoms with van der Waals surface area (Å²) in [5.41, 5.74) is 0.831. The zero-order valence-corrected chi connectivity index (χ0v) is 12.2. The minimum atomic E-state index is -0.451. The topological polar surface area (TPSA) is 75.5 Å². The van der Waals surface area contributed by atoms with Gasteiger partial charge in [-0.1, -0.05) is 13.3 Å². The van der Waals surface area contributed by atoms with Crippen molar-refractivity contribution in [2.75, 3.05) is 25.5 Å². The van der Waals surface area contributed by atoms with E-state index in [-0.39, 0.29) is 11.6 Å². The van der Waals surface area contributed by atoms with Crippen molar-refractivity contribution in [2.45, 2.75) is 26.7 Å². The van der Waals surface area contributed by atoms with E-state index in [0.717, 1.165) is 12.8 Å². The molecule has 6 heteroatoms. The lowest BCUT2D eigenvalue weighted by Crippen LogP contribution is -2.27. The van der Waals surface area contributed by atoms with Crippen molar-refractivity contribution in [1.29, 1.82) is 0 Å². The van der Waals surface area contributed by atoms with Crippen molar-refractivity contribution in [2.24, 2.45) is 0 Å². The van der Waals surface area contributed by atoms with Gasteiger partial charge in [0.15, 0.2) is 0 Å². The van der Waals surface area contributed by atoms with Gasteiger partial charge in [0.25, 0.3) is 11.6 Å². The summed E-state index contributed by atoms with van der Waals surface area (Å²) in [4.78, 5) is 24.3. The van der Waals surface area contributed by atoms with Crippen LogP contribution in [0.2, 0.25) is 0 Å². The van der Waals surface area contributed by atoms with Crippen LogP contribution >= 0.6 is 0 Å². The van der Waals surface area contributed by atoms with E-state index in [0.29, 0.717) is 24.3 Å². The molecule has 0 bridgehead atoms. The summed E-state index contributed by atoms with van der Waals surface area (Å²) >= 11 is 0. The number of nitrogens with one attached hydrogen (secondary N) is 1. The van der Waals surface area contributed by atoms with Crippen LogP contribution in [0.25, 0.3) is 0 Å². The van der Waals surface area contributed by atoms with Gasteiger partial charge in [0.05, 0.1) is 4.92 Å². The third-order valence-corrected chi connectivity index (χ3v) is 3.00. The monoisotopic (exact) mass is 279 g/mol. The van der Waals surface area contributed by atoms with E-state index in [9.17, 15) is 14.9 Å². The number of hydrogen-bond donors (Lipinski definition) is 1. The van der Waals surface area contributed by atoms with E-state index < -0.39 is 4.92 Å². The lowest BCUT2D eigenvalue weighted by atomic mass is 10.1. The van der Waals surface area contributed by atoms with Gasteiger partial charge in [-0.25, -0.2) is 0 Å². The van der Waals surface area contributed by atoms with E-state index in [1.807, 2.05) is 6.92 Å². The average Bonchev–Trinajstić information content (AvgIpc) is 2.43. The SMILES string of the molecule is CCCCN(C)C(=O)c1ccc([N+](=O)[O-])c(NCC)c1. The molecule has 0 aliphatic carbocycles. The second-order valence-corrected chi connectivity index (χ2v) is 4.60. The molecule has 0 saturated carbocycles. The van der Waals surface area contributed by atoms with Crippen LogP contribution in [0.15, 0.2) is 18.2 Å². The maximum atomic E-state index is 12.2. The van der Waals surface area contributed by atoms with Crippen LogP contribution < -0.4 is 5.32 Å². The molecular formula is C14H21N3O3. The average molecular weight is 279 g/mol. The summed E-state index contributed by atoms with van der Waals surface area (Å²) in [6.45, 7) is 5.16. The number of carbonyl (C=O) groups is 1. The second kappa shape index (κ2) is 7.47. The fourth-order valence-corrected chi connectivity index (χ4v) is 1.88. The quantitative estimate of drug-likeness (QED) is 0.615. The smallest absolute Gasteiger partial charge is 0.292 e. The molecule has 1 N–H and O–H groups in total. The van der Waals surface area contributed by atoms with Crippen molar-refractivity contribution in [3.8, 4) is 0 Å². The van der Waals surface area contributed by atoms with Crippen LogP contribution in [0.5, 0.6) is 0 Å². The molecular weight excluding hydrogens is 258 g/mol. The molecule has 0 saturated heterocycles. The second-order valence-electron chi connectivity index (χ2n) is 4.60. The minimum Gasteiger partial charge on any atom is -0.380 e. The maximum absolute atomic E-state index is 12.2. The van der Waals surface area contributed by atoms with Gasteiger partial charge >= 0.3 is 0 Å². The van der Waals surface area contributed by atoms with Crippen LogP contribution in [0.1, 0.15) is 37.0 Å². The number of carbonyl (C=O) groups excluding carboxylic acids is 1. The first kappa shape index (κ1) is 15.9. The van der Waals surface area contributed by atoms with Gasteiger partial charge in [0.1, 0.15) is 5.69 Å². The Kier molecular flexibility index (Phi) is 5.96. The number of rotatable bonds is 7. The number of nitro groups is 1. The summed E-state index contributed by atoms with van der Waals surface area (Å²) in [6, 6.07) is 4.43. The number of anilines is 1. The third-order valence-electron chi connectivity index (χ3n) is 3.00. The Morgan fingerprint density at radius 2 is 2.10 bits per heavy atom. The van der Waals surface area contributed by atoms with Crippen LogP contribution in [-0.2, 0) is 0 Å². The number of benzene rings is 1. The predicted molar refractivity (Wildman–Crippen MR) is 79.1 cm³/mol. The summed E-state index contributed by atoms with van der Waals surface area (Å²) in [5.74, 6) is -0.118. The molecule has 0 fully saturated rings. The summed E-state index contributed by atoms with van der Waals surface area (Å²) in [6.07, 6.45) is 1.95. The van der Waals surface area contributed by atoms with Gasteiger partial charge in [0.2, 0.25) is 0 Å². The van der Waals surface area contributed by atoms with Crippen molar-refractivity contribution < 1.29 is 9.72 Å². The van der Waals surface area contributed by atoms with Gasteiger partial charge < -0.3 is 10.2 Å². The number of hydrogen-bond acceptors (Lipinski definition) is 4. The molecule has 20 heavy (non-hydrogen) atoms. The molecule has 1 amide bonds. The van der Waals surface area contributed by atoms with Gasteiger partial charge in [-0.05, 0) is 25.5 Å². The molecule has 0 spiro atoms. The normalized spacial score (nSPS) is 10.2. The van der Waals surface area contributed by atoms with E-state index >= 15 is 0 Å². The largest absolute Gasteiger partial charge is 0.380 e. The number of unbranched alkanes of at least 4 members (excludes halogenated alkanes) is 1. The first-order valence-electron chi connectivity index (χ1n) is 6.79. The minimum absolute atomic E-state index is 0.0142. The van der Waals surface area contributed by atoms with Gasteiger partial charge in [-0.15, -0.1) is 0 Å². The molecule has 6 nitrogen and oxygen atoms in total. The third kappa shape index (κ3) is 3.94. The summed E-state index contributed by atoms with van der Waals surface area (Å²) in [5, 5.41) is 13.8. The fraction of sp³-hybridized carbons (Fsp3) is 0.500. The van der Waals surface area contributed by atoms with Gasteiger partial charge in [-0.3, -0.25) is 14.9 Å². The molecule has 0 radical (unpaired) electrons. The Bertz CT molecular complexity index is 489. The summed E-state index contributed by atoms with van der Waals surface area (Å²) in [7, 11) is 1.74. The zero-order valence-electron chi connectivity index (χ0n) is 12.2. The van der Waals surface area contributed by atoms with E-state index in [2.05, 4.69) is 12.2 Å². The lowest BCUT2D eigenvalue weighted by Gasteiger charge is -2.17. The zero-order chi connectivity index (χ0) is 15.1. The maximum Gasteiger partial charge on any atom is 0.292 e. The van der Waals surface area contributed by atoms with Crippen molar-refractivity contribution in [3.05, 3.63) is 33.9 Å². The first-order valence-corrected chi connectivity index (χ1v) is 6.79. The highest BCUT2D eigenvalue weighted by Crippen LogP contribution is 2.25. The van der Waals surface area contributed by atoms with Gasteiger partial charge in [0, 0.05) is 31.8 Å². The van der Waals surface area contributed by atoms with Crippen molar-refractivity contribution >= 4 is 17.3 Å². The highest BCUT2D eigenvalue weighted by molar-refractivity contribution is 5.95. The number of amides is 1. The molecule has 0 unspecified atom stereocenters. The lowest BCUT2D eigenvalue weighted by molar-refractivity contribution is -0.384. The summed E-state index contributed by atoms with van der Waals surface area (Å²) < 4.78 is 0. The molecule has 0 aliphatic rings. The molecule has 110 valence electrons. The van der Waals surface area contributed by atoms with Crippen LogP contribution in [0, 0.1) is 10.1 Å². The fourth-order valence-electron chi connectivity index (χ4n) is 1.88.